The van der Waals surface area contributed by atoms with Crippen LogP contribution in [-0.2, 0) is 4.74 Å². The summed E-state index contributed by atoms with van der Waals surface area (Å²) in [6, 6.07) is 0.668. The van der Waals surface area contributed by atoms with Gasteiger partial charge in [0.05, 0.1) is 6.54 Å². The number of likely N-dealkylation sites (tertiary alicyclic amines) is 1. The van der Waals surface area contributed by atoms with Crippen LogP contribution < -0.4 is 5.32 Å². The number of guanidine groups is 1. The molecule has 0 aromatic heterocycles. The first-order valence-corrected chi connectivity index (χ1v) is 11.2. The number of thioether (sulfide) groups is 1. The zero-order chi connectivity index (χ0) is 18.1. The van der Waals surface area contributed by atoms with E-state index in [0.717, 1.165) is 77.0 Å². The average molecular weight is 499 g/mol. The van der Waals surface area contributed by atoms with Crippen molar-refractivity contribution in [1.29, 1.82) is 0 Å². The van der Waals surface area contributed by atoms with Crippen LogP contribution in [0.15, 0.2) is 4.99 Å². The molecule has 0 amide bonds. The van der Waals surface area contributed by atoms with E-state index in [-0.39, 0.29) is 28.7 Å². The van der Waals surface area contributed by atoms with E-state index in [1.165, 1.54) is 6.42 Å². The standard InChI is InChI=1S/C19H38N4OS.HI/c1-5-20-18(23-12-9-17(15-23)22(6-2)7-3)21-16-19(25-8-4)10-13-24-14-11-19;/h17H,5-16H2,1-4H3,(H,20,21);1H. The van der Waals surface area contributed by atoms with Gasteiger partial charge in [-0.05, 0) is 45.0 Å². The van der Waals surface area contributed by atoms with Gasteiger partial charge >= 0.3 is 0 Å². The number of nitrogens with zero attached hydrogens (tertiary/aromatic N) is 3. The Morgan fingerprint density at radius 1 is 1.23 bits per heavy atom. The maximum atomic E-state index is 5.60. The third kappa shape index (κ3) is 6.71. The Kier molecular flexibility index (Phi) is 11.8. The smallest absolute Gasteiger partial charge is 0.194 e. The Hall–Kier alpha value is 0.270. The molecule has 0 radical (unpaired) electrons. The van der Waals surface area contributed by atoms with Gasteiger partial charge in [0.25, 0.3) is 0 Å². The molecule has 2 aliphatic rings. The largest absolute Gasteiger partial charge is 0.381 e. The van der Waals surface area contributed by atoms with E-state index in [2.05, 4.69) is 54.6 Å². The molecule has 0 aliphatic carbocycles. The molecule has 2 saturated heterocycles. The third-order valence-electron chi connectivity index (χ3n) is 5.50. The number of halogens is 1. The summed E-state index contributed by atoms with van der Waals surface area (Å²) >= 11 is 2.07. The normalized spacial score (nSPS) is 23.2. The zero-order valence-corrected chi connectivity index (χ0v) is 20.3. The fourth-order valence-electron chi connectivity index (χ4n) is 4.01. The molecule has 2 heterocycles. The summed E-state index contributed by atoms with van der Waals surface area (Å²) < 4.78 is 5.87. The Morgan fingerprint density at radius 2 is 1.92 bits per heavy atom. The van der Waals surface area contributed by atoms with E-state index in [4.69, 9.17) is 9.73 Å². The van der Waals surface area contributed by atoms with Gasteiger partial charge in [-0.3, -0.25) is 9.89 Å². The summed E-state index contributed by atoms with van der Waals surface area (Å²) in [6.07, 6.45) is 3.49. The van der Waals surface area contributed by atoms with Gasteiger partial charge in [-0.15, -0.1) is 24.0 Å². The van der Waals surface area contributed by atoms with Crippen molar-refractivity contribution in [2.75, 3.05) is 58.2 Å². The third-order valence-corrected chi connectivity index (χ3v) is 6.94. The summed E-state index contributed by atoms with van der Waals surface area (Å²) in [5, 5.41) is 3.54. The second-order valence-electron chi connectivity index (χ2n) is 7.01. The zero-order valence-electron chi connectivity index (χ0n) is 17.1. The van der Waals surface area contributed by atoms with Crippen LogP contribution in [-0.4, -0.2) is 84.8 Å². The van der Waals surface area contributed by atoms with Crippen LogP contribution in [0, 0.1) is 0 Å². The van der Waals surface area contributed by atoms with E-state index in [1.54, 1.807) is 0 Å². The molecule has 2 aliphatic heterocycles. The number of rotatable bonds is 8. The van der Waals surface area contributed by atoms with Crippen LogP contribution in [0.3, 0.4) is 0 Å². The Morgan fingerprint density at radius 3 is 2.50 bits per heavy atom. The summed E-state index contributed by atoms with van der Waals surface area (Å²) in [5.41, 5.74) is 0. The average Bonchev–Trinajstić information content (AvgIpc) is 3.10. The van der Waals surface area contributed by atoms with Crippen molar-refractivity contribution in [3.8, 4) is 0 Å². The van der Waals surface area contributed by atoms with Crippen molar-refractivity contribution < 1.29 is 4.74 Å². The predicted molar refractivity (Wildman–Crippen MR) is 125 cm³/mol. The molecule has 1 N–H and O–H groups in total. The van der Waals surface area contributed by atoms with Gasteiger partial charge in [0.1, 0.15) is 0 Å². The Balaban J connectivity index is 0.00000338. The fourth-order valence-corrected chi connectivity index (χ4v) is 5.24. The van der Waals surface area contributed by atoms with Gasteiger partial charge in [-0.25, -0.2) is 0 Å². The molecular formula is C19H39IN4OS. The number of ether oxygens (including phenoxy) is 1. The van der Waals surface area contributed by atoms with Crippen molar-refractivity contribution in [3.05, 3.63) is 0 Å². The van der Waals surface area contributed by atoms with Crippen molar-refractivity contribution >= 4 is 41.7 Å². The first kappa shape index (κ1) is 24.3. The Labute approximate surface area is 182 Å². The molecule has 7 heteroatoms. The van der Waals surface area contributed by atoms with Crippen molar-refractivity contribution in [2.45, 2.75) is 57.7 Å². The summed E-state index contributed by atoms with van der Waals surface area (Å²) in [5.74, 6) is 2.26. The highest BCUT2D eigenvalue weighted by atomic mass is 127. The number of likely N-dealkylation sites (N-methyl/N-ethyl adjacent to an activating group) is 1. The maximum Gasteiger partial charge on any atom is 0.194 e. The lowest BCUT2D eigenvalue weighted by Crippen LogP contribution is -2.44. The topological polar surface area (TPSA) is 40.1 Å². The molecule has 2 fully saturated rings. The van der Waals surface area contributed by atoms with E-state index < -0.39 is 0 Å². The molecule has 154 valence electrons. The van der Waals surface area contributed by atoms with E-state index in [9.17, 15) is 0 Å². The van der Waals surface area contributed by atoms with Crippen LogP contribution in [0.5, 0.6) is 0 Å². The van der Waals surface area contributed by atoms with Crippen LogP contribution >= 0.6 is 35.7 Å². The number of hydrogen-bond donors (Lipinski definition) is 1. The van der Waals surface area contributed by atoms with Crippen LogP contribution in [0.4, 0.5) is 0 Å². The second-order valence-corrected chi connectivity index (χ2v) is 8.74. The minimum atomic E-state index is 0. The number of hydrogen-bond acceptors (Lipinski definition) is 4. The van der Waals surface area contributed by atoms with Crippen molar-refractivity contribution in [2.24, 2.45) is 4.99 Å². The first-order chi connectivity index (χ1) is 12.2. The van der Waals surface area contributed by atoms with Gasteiger partial charge < -0.3 is 15.0 Å². The molecule has 0 saturated carbocycles. The molecule has 0 aromatic carbocycles. The van der Waals surface area contributed by atoms with Crippen LogP contribution in [0.1, 0.15) is 47.0 Å². The summed E-state index contributed by atoms with van der Waals surface area (Å²) in [7, 11) is 0. The molecule has 1 unspecified atom stereocenters. The van der Waals surface area contributed by atoms with Gasteiger partial charge in [0.2, 0.25) is 0 Å². The summed E-state index contributed by atoms with van der Waals surface area (Å²) in [4.78, 5) is 10.1. The predicted octanol–water partition coefficient (Wildman–Crippen LogP) is 3.29. The highest BCUT2D eigenvalue weighted by molar-refractivity contribution is 14.0. The molecule has 2 rings (SSSR count). The van der Waals surface area contributed by atoms with Gasteiger partial charge in [0.15, 0.2) is 5.96 Å². The van der Waals surface area contributed by atoms with Crippen molar-refractivity contribution in [3.63, 3.8) is 0 Å². The van der Waals surface area contributed by atoms with Gasteiger partial charge in [0, 0.05) is 43.6 Å². The molecule has 0 spiro atoms. The lowest BCUT2D eigenvalue weighted by atomic mass is 9.99. The number of aliphatic imine (C=N–C) groups is 1. The quantitative estimate of drug-likeness (QED) is 0.316. The molecule has 0 aromatic rings. The summed E-state index contributed by atoms with van der Waals surface area (Å²) in [6.45, 7) is 17.0. The van der Waals surface area contributed by atoms with E-state index in [1.807, 2.05) is 0 Å². The highest BCUT2D eigenvalue weighted by Gasteiger charge is 2.33. The maximum absolute atomic E-state index is 5.60. The Bertz CT molecular complexity index is 409. The minimum absolute atomic E-state index is 0. The molecule has 5 nitrogen and oxygen atoms in total. The number of nitrogens with one attached hydrogen (secondary N) is 1. The lowest BCUT2D eigenvalue weighted by molar-refractivity contribution is 0.0793. The van der Waals surface area contributed by atoms with E-state index >= 15 is 0 Å². The minimum Gasteiger partial charge on any atom is -0.381 e. The first-order valence-electron chi connectivity index (χ1n) is 10.2. The SMILES string of the molecule is CCNC(=NCC1(SCC)CCOCC1)N1CCC(N(CC)CC)C1.I. The van der Waals surface area contributed by atoms with Crippen LogP contribution in [0.2, 0.25) is 0 Å². The van der Waals surface area contributed by atoms with Crippen molar-refractivity contribution in [1.82, 2.24) is 15.1 Å². The molecular weight excluding hydrogens is 459 g/mol. The molecule has 0 bridgehead atoms. The monoisotopic (exact) mass is 498 g/mol. The lowest BCUT2D eigenvalue weighted by Gasteiger charge is -2.35. The fraction of sp³-hybridized carbons (Fsp3) is 0.947. The molecule has 1 atom stereocenters. The second kappa shape index (κ2) is 12.7. The van der Waals surface area contributed by atoms with Gasteiger partial charge in [-0.1, -0.05) is 20.8 Å². The molecule has 26 heavy (non-hydrogen) atoms. The van der Waals surface area contributed by atoms with Gasteiger partial charge in [-0.2, -0.15) is 11.8 Å². The van der Waals surface area contributed by atoms with E-state index in [0.29, 0.717) is 6.04 Å². The van der Waals surface area contributed by atoms with Crippen LogP contribution in [0.25, 0.3) is 0 Å². The highest BCUT2D eigenvalue weighted by Crippen LogP contribution is 2.35.